The lowest BCUT2D eigenvalue weighted by Gasteiger charge is -2.28. The largest absolute Gasteiger partial charge is 0.396 e. The van der Waals surface area contributed by atoms with E-state index in [0.717, 1.165) is 31.4 Å². The summed E-state index contributed by atoms with van der Waals surface area (Å²) in [5.74, 6) is 0.327. The monoisotopic (exact) mass is 291 g/mol. The second kappa shape index (κ2) is 7.41. The standard InChI is InChI=1S/C16H25N3O2/c1-11(2)18-15-7-8-17-9-14(15)16(21)19-13-5-3-12(10-20)4-6-13/h7-9,11-13,20H,3-6,10H2,1-2H3,(H,17,18)(H,19,21). The van der Waals surface area contributed by atoms with Crippen LogP contribution in [0.15, 0.2) is 18.5 Å². The molecule has 21 heavy (non-hydrogen) atoms. The van der Waals surface area contributed by atoms with Gasteiger partial charge in [0.25, 0.3) is 5.91 Å². The van der Waals surface area contributed by atoms with Crippen molar-refractivity contribution in [1.29, 1.82) is 0 Å². The Morgan fingerprint density at radius 1 is 1.38 bits per heavy atom. The van der Waals surface area contributed by atoms with Gasteiger partial charge in [-0.15, -0.1) is 0 Å². The number of pyridine rings is 1. The molecule has 0 aromatic carbocycles. The van der Waals surface area contributed by atoms with E-state index in [9.17, 15) is 4.79 Å². The Kier molecular flexibility index (Phi) is 5.56. The predicted molar refractivity (Wildman–Crippen MR) is 83.3 cm³/mol. The maximum Gasteiger partial charge on any atom is 0.255 e. The van der Waals surface area contributed by atoms with Gasteiger partial charge in [0.2, 0.25) is 0 Å². The van der Waals surface area contributed by atoms with Gasteiger partial charge in [-0.3, -0.25) is 9.78 Å². The molecule has 0 spiro atoms. The second-order valence-electron chi connectivity index (χ2n) is 6.09. The van der Waals surface area contributed by atoms with Crippen LogP contribution in [0, 0.1) is 5.92 Å². The fraction of sp³-hybridized carbons (Fsp3) is 0.625. The van der Waals surface area contributed by atoms with Crippen LogP contribution in [0.1, 0.15) is 49.9 Å². The summed E-state index contributed by atoms with van der Waals surface area (Å²) in [6, 6.07) is 2.30. The van der Waals surface area contributed by atoms with Crippen LogP contribution < -0.4 is 10.6 Å². The van der Waals surface area contributed by atoms with Gasteiger partial charge in [0.15, 0.2) is 0 Å². The molecular formula is C16H25N3O2. The highest BCUT2D eigenvalue weighted by molar-refractivity contribution is 5.99. The lowest BCUT2D eigenvalue weighted by Crippen LogP contribution is -2.38. The van der Waals surface area contributed by atoms with E-state index in [-0.39, 0.29) is 24.6 Å². The van der Waals surface area contributed by atoms with Crippen LogP contribution in [0.4, 0.5) is 5.69 Å². The fourth-order valence-corrected chi connectivity index (χ4v) is 2.76. The molecule has 1 fully saturated rings. The van der Waals surface area contributed by atoms with E-state index in [1.165, 1.54) is 0 Å². The van der Waals surface area contributed by atoms with Crippen molar-refractivity contribution in [3.8, 4) is 0 Å². The van der Waals surface area contributed by atoms with Crippen molar-refractivity contribution in [3.05, 3.63) is 24.0 Å². The van der Waals surface area contributed by atoms with E-state index in [4.69, 9.17) is 5.11 Å². The molecule has 1 amide bonds. The highest BCUT2D eigenvalue weighted by Crippen LogP contribution is 2.24. The molecule has 1 aromatic heterocycles. The zero-order valence-corrected chi connectivity index (χ0v) is 12.8. The van der Waals surface area contributed by atoms with Crippen LogP contribution in [-0.4, -0.2) is 34.7 Å². The minimum atomic E-state index is -0.0706. The summed E-state index contributed by atoms with van der Waals surface area (Å²) in [5.41, 5.74) is 1.41. The molecule has 1 saturated carbocycles. The molecule has 0 radical (unpaired) electrons. The average Bonchev–Trinajstić information content (AvgIpc) is 2.48. The molecular weight excluding hydrogens is 266 g/mol. The van der Waals surface area contributed by atoms with Crippen LogP contribution in [0.5, 0.6) is 0 Å². The molecule has 116 valence electrons. The molecule has 0 bridgehead atoms. The van der Waals surface area contributed by atoms with Gasteiger partial charge in [0, 0.05) is 31.1 Å². The number of nitrogens with zero attached hydrogens (tertiary/aromatic N) is 1. The van der Waals surface area contributed by atoms with Crippen LogP contribution in [0.3, 0.4) is 0 Å². The third-order valence-corrected chi connectivity index (χ3v) is 3.95. The molecule has 0 atom stereocenters. The predicted octanol–water partition coefficient (Wildman–Crippen LogP) is 2.18. The van der Waals surface area contributed by atoms with E-state index in [1.54, 1.807) is 12.4 Å². The number of hydrogen-bond donors (Lipinski definition) is 3. The molecule has 5 nitrogen and oxygen atoms in total. The Morgan fingerprint density at radius 2 is 2.10 bits per heavy atom. The highest BCUT2D eigenvalue weighted by Gasteiger charge is 2.23. The molecule has 5 heteroatoms. The number of aliphatic hydroxyl groups excluding tert-OH is 1. The van der Waals surface area contributed by atoms with Crippen molar-refractivity contribution in [2.45, 2.75) is 51.6 Å². The van der Waals surface area contributed by atoms with Crippen LogP contribution >= 0.6 is 0 Å². The average molecular weight is 291 g/mol. The fourth-order valence-electron chi connectivity index (χ4n) is 2.76. The number of hydrogen-bond acceptors (Lipinski definition) is 4. The molecule has 1 heterocycles. The third-order valence-electron chi connectivity index (χ3n) is 3.95. The van der Waals surface area contributed by atoms with Crippen molar-refractivity contribution in [3.63, 3.8) is 0 Å². The Balaban J connectivity index is 1.97. The lowest BCUT2D eigenvalue weighted by molar-refractivity contribution is 0.0914. The summed E-state index contributed by atoms with van der Waals surface area (Å²) in [6.07, 6.45) is 7.12. The Labute approximate surface area is 126 Å². The maximum atomic E-state index is 12.4. The van der Waals surface area contributed by atoms with Gasteiger partial charge < -0.3 is 15.7 Å². The number of rotatable bonds is 5. The van der Waals surface area contributed by atoms with E-state index in [2.05, 4.69) is 15.6 Å². The van der Waals surface area contributed by atoms with Gasteiger partial charge in [-0.05, 0) is 51.5 Å². The topological polar surface area (TPSA) is 74.2 Å². The molecule has 1 aliphatic rings. The van der Waals surface area contributed by atoms with Gasteiger partial charge in [0.1, 0.15) is 0 Å². The van der Waals surface area contributed by atoms with E-state index < -0.39 is 0 Å². The van der Waals surface area contributed by atoms with Gasteiger partial charge >= 0.3 is 0 Å². The molecule has 1 aliphatic carbocycles. The van der Waals surface area contributed by atoms with Crippen LogP contribution in [0.2, 0.25) is 0 Å². The lowest BCUT2D eigenvalue weighted by atomic mass is 9.86. The zero-order chi connectivity index (χ0) is 15.2. The van der Waals surface area contributed by atoms with Crippen molar-refractivity contribution in [1.82, 2.24) is 10.3 Å². The van der Waals surface area contributed by atoms with E-state index in [1.807, 2.05) is 19.9 Å². The molecule has 0 unspecified atom stereocenters. The first-order valence-electron chi connectivity index (χ1n) is 7.72. The summed E-state index contributed by atoms with van der Waals surface area (Å²) in [4.78, 5) is 16.5. The molecule has 0 aliphatic heterocycles. The van der Waals surface area contributed by atoms with Crippen molar-refractivity contribution >= 4 is 11.6 Å². The first-order chi connectivity index (χ1) is 10.1. The molecule has 2 rings (SSSR count). The smallest absolute Gasteiger partial charge is 0.255 e. The number of amides is 1. The molecule has 1 aromatic rings. The normalized spacial score (nSPS) is 22.1. The summed E-state index contributed by atoms with van der Waals surface area (Å²) < 4.78 is 0. The molecule has 0 saturated heterocycles. The number of carbonyl (C=O) groups is 1. The SMILES string of the molecule is CC(C)Nc1ccncc1C(=O)NC1CCC(CO)CC1. The Bertz CT molecular complexity index is 468. The van der Waals surface area contributed by atoms with Crippen molar-refractivity contribution in [2.75, 3.05) is 11.9 Å². The minimum absolute atomic E-state index is 0.0706. The first kappa shape index (κ1) is 15.8. The maximum absolute atomic E-state index is 12.4. The quantitative estimate of drug-likeness (QED) is 0.777. The second-order valence-corrected chi connectivity index (χ2v) is 6.09. The Hall–Kier alpha value is -1.62. The highest BCUT2D eigenvalue weighted by atomic mass is 16.3. The number of anilines is 1. The zero-order valence-electron chi connectivity index (χ0n) is 12.8. The van der Waals surface area contributed by atoms with Crippen molar-refractivity contribution < 1.29 is 9.90 Å². The van der Waals surface area contributed by atoms with Gasteiger partial charge in [0.05, 0.1) is 11.3 Å². The van der Waals surface area contributed by atoms with Gasteiger partial charge in [-0.25, -0.2) is 0 Å². The summed E-state index contributed by atoms with van der Waals surface area (Å²) in [5, 5.41) is 15.5. The van der Waals surface area contributed by atoms with Crippen molar-refractivity contribution in [2.24, 2.45) is 5.92 Å². The number of nitrogens with one attached hydrogen (secondary N) is 2. The minimum Gasteiger partial charge on any atom is -0.396 e. The first-order valence-corrected chi connectivity index (χ1v) is 7.72. The van der Waals surface area contributed by atoms with Gasteiger partial charge in [-0.1, -0.05) is 0 Å². The van der Waals surface area contributed by atoms with Gasteiger partial charge in [-0.2, -0.15) is 0 Å². The van der Waals surface area contributed by atoms with Crippen LogP contribution in [-0.2, 0) is 0 Å². The summed E-state index contributed by atoms with van der Waals surface area (Å²) in [6.45, 7) is 4.34. The Morgan fingerprint density at radius 3 is 2.71 bits per heavy atom. The summed E-state index contributed by atoms with van der Waals surface area (Å²) in [7, 11) is 0. The molecule has 3 N–H and O–H groups in total. The third kappa shape index (κ3) is 4.43. The summed E-state index contributed by atoms with van der Waals surface area (Å²) >= 11 is 0. The van der Waals surface area contributed by atoms with E-state index >= 15 is 0 Å². The number of carbonyl (C=O) groups excluding carboxylic acids is 1. The van der Waals surface area contributed by atoms with E-state index in [0.29, 0.717) is 11.5 Å². The number of aliphatic hydroxyl groups is 1. The number of aromatic nitrogens is 1. The van der Waals surface area contributed by atoms with Crippen LogP contribution in [0.25, 0.3) is 0 Å².